The highest BCUT2D eigenvalue weighted by molar-refractivity contribution is 7.80. The molecule has 18 heteroatoms. The van der Waals surface area contributed by atoms with Crippen LogP contribution in [0.1, 0.15) is 92.9 Å². The summed E-state index contributed by atoms with van der Waals surface area (Å²) in [5.74, 6) is -0.906. The Morgan fingerprint density at radius 2 is 1.65 bits per heavy atom. The third kappa shape index (κ3) is 7.71. The Kier molecular flexibility index (Phi) is 12.0. The molecule has 17 nitrogen and oxygen atoms in total. The fourth-order valence-corrected chi connectivity index (χ4v) is 13.5. The van der Waals surface area contributed by atoms with Crippen LogP contribution < -0.4 is 0 Å². The third-order valence-electron chi connectivity index (χ3n) is 15.8. The fraction of sp³-hybridized carbons (Fsp3) is 0.857. The number of aliphatic hydroxyl groups excluding tert-OH is 3. The lowest BCUT2D eigenvalue weighted by Gasteiger charge is -2.60. The highest BCUT2D eigenvalue weighted by atomic mass is 32.3. The van der Waals surface area contributed by atoms with Gasteiger partial charge in [-0.2, -0.15) is 8.42 Å². The maximum Gasteiger partial charge on any atom is 0.397 e. The van der Waals surface area contributed by atoms with Gasteiger partial charge in [-0.05, 0) is 74.5 Å². The van der Waals surface area contributed by atoms with Crippen LogP contribution >= 0.6 is 0 Å². The fourth-order valence-electron chi connectivity index (χ4n) is 13.1. The van der Waals surface area contributed by atoms with Crippen molar-refractivity contribution in [3.8, 4) is 0 Å². The first-order valence-electron chi connectivity index (χ1n) is 21.5. The van der Waals surface area contributed by atoms with Crippen LogP contribution in [0.4, 0.5) is 0 Å². The average Bonchev–Trinajstić information content (AvgIpc) is 3.61. The molecule has 2 unspecified atom stereocenters. The lowest BCUT2D eigenvalue weighted by Crippen LogP contribution is -2.64. The molecule has 3 saturated carbocycles. The molecule has 0 radical (unpaired) electrons. The minimum atomic E-state index is -5.12. The quantitative estimate of drug-likeness (QED) is 0.156. The van der Waals surface area contributed by atoms with E-state index in [1.165, 1.54) is 6.92 Å². The van der Waals surface area contributed by atoms with Gasteiger partial charge in [0.1, 0.15) is 18.3 Å². The zero-order chi connectivity index (χ0) is 43.3. The van der Waals surface area contributed by atoms with E-state index < -0.39 is 108 Å². The van der Waals surface area contributed by atoms with Crippen molar-refractivity contribution >= 4 is 22.3 Å². The number of esters is 2. The van der Waals surface area contributed by atoms with Crippen molar-refractivity contribution in [2.75, 3.05) is 13.2 Å². The van der Waals surface area contributed by atoms with Gasteiger partial charge in [-0.3, -0.25) is 14.1 Å². The smallest absolute Gasteiger partial charge is 0.397 e. The summed E-state index contributed by atoms with van der Waals surface area (Å²) in [7, 11) is -5.12. The van der Waals surface area contributed by atoms with Crippen LogP contribution in [0, 0.1) is 40.4 Å². The van der Waals surface area contributed by atoms with Crippen LogP contribution in [0.25, 0.3) is 0 Å². The molecule has 338 valence electrons. The topological polar surface area (TPSA) is 232 Å². The summed E-state index contributed by atoms with van der Waals surface area (Å²) in [5.41, 5.74) is 1.58. The van der Waals surface area contributed by atoms with E-state index in [0.717, 1.165) is 63.5 Å². The lowest BCUT2D eigenvalue weighted by molar-refractivity contribution is -0.362. The van der Waals surface area contributed by atoms with Gasteiger partial charge in [-0.1, -0.05) is 44.6 Å². The Balaban J connectivity index is 1.09. The van der Waals surface area contributed by atoms with Crippen molar-refractivity contribution in [3.05, 3.63) is 23.8 Å². The lowest BCUT2D eigenvalue weighted by atomic mass is 9.46. The molecular formula is C42H62O17S. The molecule has 1 spiro atoms. The highest BCUT2D eigenvalue weighted by Gasteiger charge is 2.69. The SMILES string of the molecule is C=C1CC[C@@]2(OC1)OC1C[C@H]3[C@@H]4CC=C5C[C@@H](O)C[C@@H](O[C@@H]6OC[C@H](OS(=O)(=O)O)[C@H](OC(C)=O)[C@H]6O[C@@H]6O[C@@H](C)[C@H](O)[C@@H](OC(C)=O)[C@H]6O)[C@]5(C)[C@H]4CC[C@]3(C)C1[C@@H]2C. The van der Waals surface area contributed by atoms with E-state index in [0.29, 0.717) is 24.9 Å². The number of allylic oxidation sites excluding steroid dienone is 1. The average molecular weight is 871 g/mol. The molecule has 8 rings (SSSR count). The van der Waals surface area contributed by atoms with Crippen LogP contribution in [0.2, 0.25) is 0 Å². The molecule has 4 aliphatic carbocycles. The summed E-state index contributed by atoms with van der Waals surface area (Å²) in [5, 5.41) is 33.4. The van der Waals surface area contributed by atoms with Gasteiger partial charge in [0.2, 0.25) is 0 Å². The number of carbonyl (C=O) groups is 2. The summed E-state index contributed by atoms with van der Waals surface area (Å²) < 4.78 is 88.1. The van der Waals surface area contributed by atoms with Gasteiger partial charge in [-0.15, -0.1) is 0 Å². The van der Waals surface area contributed by atoms with Gasteiger partial charge < -0.3 is 53.2 Å². The molecule has 4 saturated heterocycles. The van der Waals surface area contributed by atoms with Crippen molar-refractivity contribution in [1.29, 1.82) is 0 Å². The zero-order valence-electron chi connectivity index (χ0n) is 35.2. The molecule has 0 amide bonds. The molecule has 0 aromatic carbocycles. The minimum Gasteiger partial charge on any atom is -0.457 e. The molecular weight excluding hydrogens is 809 g/mol. The Morgan fingerprint density at radius 3 is 2.32 bits per heavy atom. The van der Waals surface area contributed by atoms with Crippen molar-refractivity contribution in [1.82, 2.24) is 0 Å². The van der Waals surface area contributed by atoms with Crippen molar-refractivity contribution in [2.45, 2.75) is 172 Å². The summed E-state index contributed by atoms with van der Waals surface area (Å²) >= 11 is 0. The number of fused-ring (bicyclic) bond motifs is 7. The first-order valence-corrected chi connectivity index (χ1v) is 22.8. The van der Waals surface area contributed by atoms with Gasteiger partial charge in [0.05, 0.1) is 37.6 Å². The summed E-state index contributed by atoms with van der Waals surface area (Å²) in [4.78, 5) is 24.5. The van der Waals surface area contributed by atoms with Gasteiger partial charge in [0, 0.05) is 38.0 Å². The van der Waals surface area contributed by atoms with E-state index in [9.17, 15) is 37.9 Å². The van der Waals surface area contributed by atoms with Crippen molar-refractivity contribution in [3.63, 3.8) is 0 Å². The van der Waals surface area contributed by atoms with E-state index in [1.54, 1.807) is 0 Å². The Hall–Kier alpha value is -2.07. The molecule has 0 aromatic heterocycles. The Bertz CT molecular complexity index is 1810. The van der Waals surface area contributed by atoms with Gasteiger partial charge in [0.15, 0.2) is 36.7 Å². The molecule has 4 N–H and O–H groups in total. The number of hydrogen-bond donors (Lipinski definition) is 4. The first-order chi connectivity index (χ1) is 28.1. The Morgan fingerprint density at radius 1 is 0.933 bits per heavy atom. The molecule has 0 bridgehead atoms. The predicted molar refractivity (Wildman–Crippen MR) is 206 cm³/mol. The monoisotopic (exact) mass is 870 g/mol. The summed E-state index contributed by atoms with van der Waals surface area (Å²) in [6, 6.07) is 0. The second-order valence-electron chi connectivity index (χ2n) is 19.1. The van der Waals surface area contributed by atoms with Gasteiger partial charge in [-0.25, -0.2) is 4.18 Å². The molecule has 4 heterocycles. The second-order valence-corrected chi connectivity index (χ2v) is 20.2. The van der Waals surface area contributed by atoms with Crippen LogP contribution in [-0.4, -0.2) is 133 Å². The van der Waals surface area contributed by atoms with E-state index in [1.807, 2.05) is 0 Å². The van der Waals surface area contributed by atoms with Crippen LogP contribution in [0.5, 0.6) is 0 Å². The predicted octanol–water partition coefficient (Wildman–Crippen LogP) is 2.89. The molecule has 0 aromatic rings. The molecule has 60 heavy (non-hydrogen) atoms. The molecule has 20 atom stereocenters. The van der Waals surface area contributed by atoms with E-state index in [4.69, 9.17) is 42.1 Å². The maximum absolute atomic E-state index is 12.6. The van der Waals surface area contributed by atoms with Crippen molar-refractivity contribution in [2.24, 2.45) is 40.4 Å². The summed E-state index contributed by atoms with van der Waals surface area (Å²) in [6.45, 7) is 14.7. The third-order valence-corrected chi connectivity index (χ3v) is 16.3. The van der Waals surface area contributed by atoms with Crippen LogP contribution in [0.15, 0.2) is 23.8 Å². The van der Waals surface area contributed by atoms with E-state index >= 15 is 0 Å². The molecule has 7 fully saturated rings. The molecule has 8 aliphatic rings. The number of rotatable bonds is 8. The van der Waals surface area contributed by atoms with E-state index in [-0.39, 0.29) is 35.7 Å². The van der Waals surface area contributed by atoms with E-state index in [2.05, 4.69) is 33.4 Å². The summed E-state index contributed by atoms with van der Waals surface area (Å²) in [6.07, 6.45) is -6.78. The molecule has 4 aliphatic heterocycles. The first kappa shape index (κ1) is 44.5. The van der Waals surface area contributed by atoms with Crippen LogP contribution in [0.3, 0.4) is 0 Å². The van der Waals surface area contributed by atoms with Crippen LogP contribution in [-0.2, 0) is 62.1 Å². The van der Waals surface area contributed by atoms with Crippen molar-refractivity contribution < 1.29 is 80.0 Å². The number of hydrogen-bond acceptors (Lipinski definition) is 16. The number of carbonyl (C=O) groups excluding carboxylic acids is 2. The second kappa shape index (κ2) is 16.2. The standard InChI is InChI=1S/C42H62O17S/c1-19-10-13-42(52-17-19)20(2)32-29(58-42)16-28-26-9-8-24-14-25(45)15-31(41(24,7)27(26)11-12-40(28,32)6)56-39-37(35(54-22(4)43)30(18-51-39)59-60(48,49)50)57-38-34(47)36(55-23(5)44)33(46)21(3)53-38/h8,20-21,25-39,45-47H,1,9-18H2,2-7H3,(H,48,49,50)/t20-,21-,25+,26+,27-,28-,29?,30-,31+,32?,33-,34+,35-,36+,37+,38-,39-,40-,41-,42+/m0/s1. The maximum atomic E-state index is 12.6. The van der Waals surface area contributed by atoms with Gasteiger partial charge >= 0.3 is 22.3 Å². The number of ether oxygens (including phenoxy) is 8. The largest absolute Gasteiger partial charge is 0.457 e. The minimum absolute atomic E-state index is 0.0129. The Labute approximate surface area is 351 Å². The van der Waals surface area contributed by atoms with Gasteiger partial charge in [0.25, 0.3) is 0 Å². The highest BCUT2D eigenvalue weighted by Crippen LogP contribution is 2.71. The number of aliphatic hydroxyl groups is 3. The zero-order valence-corrected chi connectivity index (χ0v) is 36.0. The normalized spacial score (nSPS) is 50.2.